The highest BCUT2D eigenvalue weighted by molar-refractivity contribution is 5.95. The second kappa shape index (κ2) is 9.41. The van der Waals surface area contributed by atoms with Crippen LogP contribution < -0.4 is 10.6 Å². The predicted molar refractivity (Wildman–Crippen MR) is 113 cm³/mol. The summed E-state index contributed by atoms with van der Waals surface area (Å²) in [5.41, 5.74) is 4.18. The summed E-state index contributed by atoms with van der Waals surface area (Å²) >= 11 is 0. The van der Waals surface area contributed by atoms with Crippen molar-refractivity contribution in [2.24, 2.45) is 0 Å². The molecule has 158 valence electrons. The van der Waals surface area contributed by atoms with E-state index in [0.717, 1.165) is 49.4 Å². The van der Waals surface area contributed by atoms with Crippen LogP contribution in [0.2, 0.25) is 0 Å². The first-order valence-electron chi connectivity index (χ1n) is 10.4. The maximum Gasteiger partial charge on any atom is 0.338 e. The lowest BCUT2D eigenvalue weighted by atomic mass is 9.91. The van der Waals surface area contributed by atoms with Crippen LogP contribution in [0.5, 0.6) is 0 Å². The molecule has 0 aliphatic carbocycles. The van der Waals surface area contributed by atoms with Gasteiger partial charge in [0, 0.05) is 38.4 Å². The zero-order chi connectivity index (χ0) is 21.0. The normalized spacial score (nSPS) is 21.0. The van der Waals surface area contributed by atoms with E-state index in [4.69, 9.17) is 4.74 Å². The van der Waals surface area contributed by atoms with Gasteiger partial charge in [0.05, 0.1) is 18.2 Å². The highest BCUT2D eigenvalue weighted by atomic mass is 16.5. The number of carbonyl (C=O) groups is 2. The summed E-state index contributed by atoms with van der Waals surface area (Å²) in [6, 6.07) is 5.28. The Hall–Kier alpha value is -2.38. The van der Waals surface area contributed by atoms with Crippen molar-refractivity contribution in [1.82, 2.24) is 20.4 Å². The molecule has 1 saturated heterocycles. The van der Waals surface area contributed by atoms with Crippen LogP contribution in [0.3, 0.4) is 0 Å². The Kier molecular flexibility index (Phi) is 6.92. The molecule has 0 aromatic heterocycles. The van der Waals surface area contributed by atoms with Crippen molar-refractivity contribution in [3.8, 4) is 0 Å². The number of likely N-dealkylation sites (N-methyl/N-ethyl adjacent to an activating group) is 1. The third-order valence-electron chi connectivity index (χ3n) is 5.69. The molecule has 2 aliphatic heterocycles. The second-order valence-corrected chi connectivity index (χ2v) is 7.71. The number of esters is 1. The first kappa shape index (κ1) is 21.3. The van der Waals surface area contributed by atoms with Crippen LogP contribution in [0.1, 0.15) is 36.6 Å². The Morgan fingerprint density at radius 3 is 2.48 bits per heavy atom. The molecular formula is C22H32N4O3. The average molecular weight is 401 g/mol. The number of nitrogens with zero attached hydrogens (tertiary/aromatic N) is 2. The fourth-order valence-electron chi connectivity index (χ4n) is 3.98. The molecule has 3 rings (SSSR count). The molecule has 7 nitrogen and oxygen atoms in total. The van der Waals surface area contributed by atoms with Crippen molar-refractivity contribution in [3.05, 3.63) is 46.2 Å². The van der Waals surface area contributed by atoms with Crippen molar-refractivity contribution in [3.63, 3.8) is 0 Å². The molecule has 1 aromatic rings. The Bertz CT molecular complexity index is 797. The van der Waals surface area contributed by atoms with Crippen LogP contribution >= 0.6 is 0 Å². The van der Waals surface area contributed by atoms with Crippen molar-refractivity contribution < 1.29 is 14.3 Å². The summed E-state index contributed by atoms with van der Waals surface area (Å²) in [4.78, 5) is 30.1. The van der Waals surface area contributed by atoms with E-state index in [1.54, 1.807) is 6.92 Å². The molecule has 7 heteroatoms. The quantitative estimate of drug-likeness (QED) is 0.716. The van der Waals surface area contributed by atoms with Crippen LogP contribution in [0.25, 0.3) is 0 Å². The Morgan fingerprint density at radius 1 is 1.14 bits per heavy atom. The molecule has 0 bridgehead atoms. The molecular weight excluding hydrogens is 368 g/mol. The number of hydrogen-bond acceptors (Lipinski definition) is 5. The fourth-order valence-corrected chi connectivity index (χ4v) is 3.98. The summed E-state index contributed by atoms with van der Waals surface area (Å²) in [7, 11) is 0. The Morgan fingerprint density at radius 2 is 1.83 bits per heavy atom. The molecule has 1 fully saturated rings. The minimum atomic E-state index is -0.519. The predicted octanol–water partition coefficient (Wildman–Crippen LogP) is 2.11. The molecule has 29 heavy (non-hydrogen) atoms. The molecule has 0 unspecified atom stereocenters. The van der Waals surface area contributed by atoms with E-state index < -0.39 is 6.04 Å². The summed E-state index contributed by atoms with van der Waals surface area (Å²) in [5.74, 6) is -0.381. The lowest BCUT2D eigenvalue weighted by molar-refractivity contribution is -0.139. The Labute approximate surface area is 173 Å². The summed E-state index contributed by atoms with van der Waals surface area (Å²) in [6.07, 6.45) is 0. The molecule has 1 atom stereocenters. The van der Waals surface area contributed by atoms with Gasteiger partial charge in [-0.3, -0.25) is 4.90 Å². The van der Waals surface area contributed by atoms with Crippen LogP contribution in [0, 0.1) is 13.8 Å². The monoisotopic (exact) mass is 400 g/mol. The number of aryl methyl sites for hydroxylation is 2. The lowest BCUT2D eigenvalue weighted by Crippen LogP contribution is -2.51. The van der Waals surface area contributed by atoms with Crippen molar-refractivity contribution in [2.45, 2.75) is 33.7 Å². The fraction of sp³-hybridized carbons (Fsp3) is 0.545. The number of piperazine rings is 1. The molecule has 2 N–H and O–H groups in total. The van der Waals surface area contributed by atoms with Gasteiger partial charge in [0.15, 0.2) is 0 Å². The van der Waals surface area contributed by atoms with E-state index in [2.05, 4.69) is 27.4 Å². The third-order valence-corrected chi connectivity index (χ3v) is 5.69. The SMILES string of the molecule is CCOC(=O)C1=C(CN2CCN(CC)CC2)NC(=O)N[C@H]1c1cc(C)ccc1C. The molecule has 0 spiro atoms. The van der Waals surface area contributed by atoms with Crippen molar-refractivity contribution >= 4 is 12.0 Å². The van der Waals surface area contributed by atoms with Crippen molar-refractivity contribution in [1.29, 1.82) is 0 Å². The topological polar surface area (TPSA) is 73.9 Å². The maximum absolute atomic E-state index is 12.9. The van der Waals surface area contributed by atoms with Gasteiger partial charge in [0.2, 0.25) is 0 Å². The van der Waals surface area contributed by atoms with E-state index in [1.165, 1.54) is 0 Å². The third kappa shape index (κ3) is 4.97. The number of urea groups is 1. The summed E-state index contributed by atoms with van der Waals surface area (Å²) < 4.78 is 5.38. The van der Waals surface area contributed by atoms with Gasteiger partial charge in [0.25, 0.3) is 0 Å². The number of amides is 2. The van der Waals surface area contributed by atoms with Gasteiger partial charge in [-0.2, -0.15) is 0 Å². The minimum Gasteiger partial charge on any atom is -0.463 e. The molecule has 2 heterocycles. The van der Waals surface area contributed by atoms with Gasteiger partial charge in [-0.15, -0.1) is 0 Å². The van der Waals surface area contributed by atoms with E-state index >= 15 is 0 Å². The molecule has 0 radical (unpaired) electrons. The van der Waals surface area contributed by atoms with Gasteiger partial charge in [-0.25, -0.2) is 9.59 Å². The highest BCUT2D eigenvalue weighted by Gasteiger charge is 2.35. The Balaban J connectivity index is 1.96. The number of rotatable bonds is 6. The van der Waals surface area contributed by atoms with Crippen molar-refractivity contribution in [2.75, 3.05) is 45.9 Å². The smallest absolute Gasteiger partial charge is 0.338 e. The number of benzene rings is 1. The highest BCUT2D eigenvalue weighted by Crippen LogP contribution is 2.31. The second-order valence-electron chi connectivity index (χ2n) is 7.71. The number of carbonyl (C=O) groups excluding carboxylic acids is 2. The van der Waals surface area contributed by atoms with E-state index in [0.29, 0.717) is 17.8 Å². The molecule has 1 aromatic carbocycles. The van der Waals surface area contributed by atoms with E-state index in [9.17, 15) is 9.59 Å². The molecule has 0 saturated carbocycles. The maximum atomic E-state index is 12.9. The van der Waals surface area contributed by atoms with Crippen LogP contribution in [-0.2, 0) is 9.53 Å². The average Bonchev–Trinajstić information content (AvgIpc) is 2.70. The van der Waals surface area contributed by atoms with E-state index in [1.807, 2.05) is 32.0 Å². The standard InChI is InChI=1S/C22H32N4O3/c1-5-25-9-11-26(12-10-25)14-18-19(21(27)29-6-2)20(24-22(28)23-18)17-13-15(3)7-8-16(17)4/h7-8,13,20H,5-6,9-12,14H2,1-4H3,(H2,23,24,28)/t20-/m0/s1. The summed E-state index contributed by atoms with van der Waals surface area (Å²) in [6.45, 7) is 13.6. The van der Waals surface area contributed by atoms with Gasteiger partial charge >= 0.3 is 12.0 Å². The lowest BCUT2D eigenvalue weighted by Gasteiger charge is -2.36. The largest absolute Gasteiger partial charge is 0.463 e. The van der Waals surface area contributed by atoms with Crippen LogP contribution in [0.15, 0.2) is 29.5 Å². The zero-order valence-corrected chi connectivity index (χ0v) is 17.9. The summed E-state index contributed by atoms with van der Waals surface area (Å²) in [5, 5.41) is 5.82. The first-order valence-corrected chi connectivity index (χ1v) is 10.4. The van der Waals surface area contributed by atoms with Gasteiger partial charge < -0.3 is 20.3 Å². The van der Waals surface area contributed by atoms with Gasteiger partial charge in [0.1, 0.15) is 0 Å². The van der Waals surface area contributed by atoms with E-state index in [-0.39, 0.29) is 18.6 Å². The number of hydrogen-bond donors (Lipinski definition) is 2. The number of nitrogens with one attached hydrogen (secondary N) is 2. The van der Waals surface area contributed by atoms with Gasteiger partial charge in [-0.05, 0) is 38.4 Å². The molecule has 2 aliphatic rings. The zero-order valence-electron chi connectivity index (χ0n) is 17.9. The van der Waals surface area contributed by atoms with Gasteiger partial charge in [-0.1, -0.05) is 30.7 Å². The van der Waals surface area contributed by atoms with Crippen LogP contribution in [0.4, 0.5) is 4.79 Å². The number of ether oxygens (including phenoxy) is 1. The first-order chi connectivity index (χ1) is 13.9. The minimum absolute atomic E-state index is 0.286. The molecule has 2 amide bonds. The van der Waals surface area contributed by atoms with Crippen LogP contribution in [-0.4, -0.2) is 67.7 Å².